The van der Waals surface area contributed by atoms with Crippen molar-refractivity contribution in [2.24, 2.45) is 0 Å². The van der Waals surface area contributed by atoms with Crippen molar-refractivity contribution in [2.45, 2.75) is 6.92 Å². The second-order valence-corrected chi connectivity index (χ2v) is 3.39. The van der Waals surface area contributed by atoms with Crippen LogP contribution >= 0.6 is 0 Å². The van der Waals surface area contributed by atoms with Gasteiger partial charge >= 0.3 is 51.4 Å². The number of hydrogen-bond acceptors (Lipinski definition) is 5. The normalized spacial score (nSPS) is 9.33. The van der Waals surface area contributed by atoms with Gasteiger partial charge in [-0.15, -0.1) is 0 Å². The average Bonchev–Trinajstić information content (AvgIpc) is 2.72. The van der Waals surface area contributed by atoms with Gasteiger partial charge in [-0.25, -0.2) is 9.67 Å². The Labute approximate surface area is 146 Å². The van der Waals surface area contributed by atoms with E-state index in [1.807, 2.05) is 6.07 Å². The number of aryl methyl sites for hydroxylation is 1. The number of hydrogen-bond donors (Lipinski definition) is 0. The van der Waals surface area contributed by atoms with Gasteiger partial charge in [-0.3, -0.25) is 0 Å². The second kappa shape index (κ2) is 6.22. The number of pyridine rings is 1. The largest absolute Gasteiger partial charge is 1.00 e. The van der Waals surface area contributed by atoms with E-state index in [-0.39, 0.29) is 57.1 Å². The third kappa shape index (κ3) is 3.04. The molecule has 0 amide bonds. The Morgan fingerprint density at radius 1 is 1.50 bits per heavy atom. The Morgan fingerprint density at radius 3 is 2.72 bits per heavy atom. The van der Waals surface area contributed by atoms with Crippen molar-refractivity contribution in [3.63, 3.8) is 0 Å². The summed E-state index contributed by atoms with van der Waals surface area (Å²) in [6.45, 7) is 1.67. The molecule has 0 aromatic carbocycles. The quantitative estimate of drug-likeness (QED) is 0.534. The van der Waals surface area contributed by atoms with E-state index in [0.29, 0.717) is 17.1 Å². The summed E-state index contributed by atoms with van der Waals surface area (Å²) in [5.41, 5.74) is 0.877. The maximum atomic E-state index is 10.9. The van der Waals surface area contributed by atoms with Crippen molar-refractivity contribution in [3.8, 4) is 11.9 Å². The van der Waals surface area contributed by atoms with Crippen LogP contribution < -0.4 is 56.5 Å². The monoisotopic (exact) mass is 266 g/mol. The molecule has 2 heterocycles. The number of carboxylic acids is 1. The number of aromatic carboxylic acids is 1. The number of carbonyl (C=O) groups excluding carboxylic acids is 1. The summed E-state index contributed by atoms with van der Waals surface area (Å²) < 4.78 is 1.17. The molecule has 84 valence electrons. The van der Waals surface area contributed by atoms with Crippen LogP contribution in [0.5, 0.6) is 0 Å². The Kier molecular flexibility index (Phi) is 5.19. The molecule has 0 aliphatic carbocycles. The van der Waals surface area contributed by atoms with Crippen LogP contribution in [0, 0.1) is 18.3 Å². The summed E-state index contributed by atoms with van der Waals surface area (Å²) in [7, 11) is 0. The molecule has 18 heavy (non-hydrogen) atoms. The van der Waals surface area contributed by atoms with E-state index in [0.717, 1.165) is 0 Å². The minimum absolute atomic E-state index is 0. The molecule has 7 heteroatoms. The van der Waals surface area contributed by atoms with Crippen LogP contribution in [0.4, 0.5) is 0 Å². The molecule has 0 aliphatic heterocycles. The standard InChI is InChI=1S/C11H8N4O2.K/c1-7-4-9(11(16)17)15(14-7)10-3-2-8(5-12)6-13-10;/h2-4,6H,1H3,(H,16,17);/q;+1/p-1. The Bertz CT molecular complexity index is 613. The smallest absolute Gasteiger partial charge is 0.543 e. The van der Waals surface area contributed by atoms with Crippen LogP contribution in [0.2, 0.25) is 0 Å². The van der Waals surface area contributed by atoms with Gasteiger partial charge in [0, 0.05) is 6.20 Å². The maximum Gasteiger partial charge on any atom is 1.00 e. The van der Waals surface area contributed by atoms with Gasteiger partial charge in [0.2, 0.25) is 0 Å². The molecular formula is C11H7KN4O2. The van der Waals surface area contributed by atoms with E-state index in [4.69, 9.17) is 5.26 Å². The van der Waals surface area contributed by atoms with Crippen molar-refractivity contribution in [2.75, 3.05) is 0 Å². The average molecular weight is 266 g/mol. The van der Waals surface area contributed by atoms with E-state index in [1.165, 1.54) is 23.0 Å². The number of nitriles is 1. The van der Waals surface area contributed by atoms with Gasteiger partial charge in [0.15, 0.2) is 5.82 Å². The molecule has 0 unspecified atom stereocenters. The zero-order chi connectivity index (χ0) is 12.4. The number of nitrogens with zero attached hydrogens (tertiary/aromatic N) is 4. The predicted octanol–water partition coefficient (Wildman–Crippen LogP) is -3.19. The molecular weight excluding hydrogens is 259 g/mol. The molecule has 0 N–H and O–H groups in total. The van der Waals surface area contributed by atoms with Crippen LogP contribution in [0.15, 0.2) is 24.4 Å². The topological polar surface area (TPSA) is 94.6 Å². The van der Waals surface area contributed by atoms with Crippen molar-refractivity contribution in [1.29, 1.82) is 5.26 Å². The van der Waals surface area contributed by atoms with Gasteiger partial charge in [-0.05, 0) is 25.1 Å². The number of aromatic nitrogens is 3. The fraction of sp³-hybridized carbons (Fsp3) is 0.0909. The first kappa shape index (κ1) is 15.0. The molecule has 0 saturated carbocycles. The van der Waals surface area contributed by atoms with E-state index in [9.17, 15) is 9.90 Å². The van der Waals surface area contributed by atoms with Crippen LogP contribution in [-0.4, -0.2) is 20.7 Å². The molecule has 2 aromatic rings. The summed E-state index contributed by atoms with van der Waals surface area (Å²) in [4.78, 5) is 14.8. The van der Waals surface area contributed by atoms with Crippen molar-refractivity contribution in [3.05, 3.63) is 41.3 Å². The predicted molar refractivity (Wildman–Crippen MR) is 55.1 cm³/mol. The van der Waals surface area contributed by atoms with Gasteiger partial charge in [0.1, 0.15) is 6.07 Å². The van der Waals surface area contributed by atoms with Crippen LogP contribution in [0.3, 0.4) is 0 Å². The Balaban J connectivity index is 0.00000162. The van der Waals surface area contributed by atoms with E-state index in [2.05, 4.69) is 10.1 Å². The molecule has 0 spiro atoms. The molecule has 0 fully saturated rings. The molecule has 6 nitrogen and oxygen atoms in total. The summed E-state index contributed by atoms with van der Waals surface area (Å²) in [6.07, 6.45) is 1.35. The summed E-state index contributed by atoms with van der Waals surface area (Å²) in [5, 5.41) is 23.5. The zero-order valence-electron chi connectivity index (χ0n) is 9.91. The molecule has 2 rings (SSSR count). The molecule has 0 radical (unpaired) electrons. The number of carbonyl (C=O) groups is 1. The molecule has 0 aliphatic rings. The summed E-state index contributed by atoms with van der Waals surface area (Å²) in [5.74, 6) is -0.993. The van der Waals surface area contributed by atoms with Crippen LogP contribution in [-0.2, 0) is 0 Å². The molecule has 0 atom stereocenters. The molecule has 0 saturated heterocycles. The van der Waals surface area contributed by atoms with Crippen LogP contribution in [0.25, 0.3) is 5.82 Å². The maximum absolute atomic E-state index is 10.9. The minimum Gasteiger partial charge on any atom is -0.543 e. The molecule has 0 bridgehead atoms. The van der Waals surface area contributed by atoms with E-state index >= 15 is 0 Å². The number of rotatable bonds is 2. The fourth-order valence-corrected chi connectivity index (χ4v) is 1.40. The van der Waals surface area contributed by atoms with E-state index < -0.39 is 5.97 Å². The first-order valence-corrected chi connectivity index (χ1v) is 4.76. The molecule has 2 aromatic heterocycles. The summed E-state index contributed by atoms with van der Waals surface area (Å²) in [6, 6.07) is 6.39. The fourth-order valence-electron chi connectivity index (χ4n) is 1.40. The van der Waals surface area contributed by atoms with Gasteiger partial charge in [-0.1, -0.05) is 0 Å². The number of carboxylic acid groups (broad SMARTS) is 1. The second-order valence-electron chi connectivity index (χ2n) is 3.39. The Morgan fingerprint density at radius 2 is 2.22 bits per heavy atom. The summed E-state index contributed by atoms with van der Waals surface area (Å²) >= 11 is 0. The SMILES string of the molecule is Cc1cc(C(=O)[O-])n(-c2ccc(C#N)cn2)n1.[K+]. The van der Waals surface area contributed by atoms with Gasteiger partial charge in [-0.2, -0.15) is 10.4 Å². The van der Waals surface area contributed by atoms with Crippen molar-refractivity contribution in [1.82, 2.24) is 14.8 Å². The Hall–Kier alpha value is -1.04. The first-order chi connectivity index (χ1) is 8.11. The third-order valence-corrected chi connectivity index (χ3v) is 2.13. The van der Waals surface area contributed by atoms with Crippen LogP contribution in [0.1, 0.15) is 21.7 Å². The minimum atomic E-state index is -1.32. The van der Waals surface area contributed by atoms with Gasteiger partial charge in [0.05, 0.1) is 22.9 Å². The zero-order valence-corrected chi connectivity index (χ0v) is 13.0. The van der Waals surface area contributed by atoms with Crippen molar-refractivity contribution < 1.29 is 61.3 Å². The van der Waals surface area contributed by atoms with Crippen molar-refractivity contribution >= 4 is 5.97 Å². The first-order valence-electron chi connectivity index (χ1n) is 4.76. The van der Waals surface area contributed by atoms with Gasteiger partial charge in [0.25, 0.3) is 0 Å². The van der Waals surface area contributed by atoms with E-state index in [1.54, 1.807) is 13.0 Å². The third-order valence-electron chi connectivity index (χ3n) is 2.13. The van der Waals surface area contributed by atoms with Gasteiger partial charge < -0.3 is 9.90 Å².